The summed E-state index contributed by atoms with van der Waals surface area (Å²) in [6.07, 6.45) is -0.564. The Hall–Kier alpha value is -1.31. The Labute approximate surface area is 101 Å². The van der Waals surface area contributed by atoms with Gasteiger partial charge in [-0.1, -0.05) is 0 Å². The number of nitrogens with one attached hydrogen (secondary N) is 1. The van der Waals surface area contributed by atoms with Crippen molar-refractivity contribution in [2.45, 2.75) is 25.7 Å². The number of hydrogen-bond acceptors (Lipinski definition) is 4. The molecule has 0 aromatic carbocycles. The Balaban J connectivity index is 1.89. The second-order valence-corrected chi connectivity index (χ2v) is 4.67. The van der Waals surface area contributed by atoms with Crippen LogP contribution in [0.1, 0.15) is 18.7 Å². The van der Waals surface area contributed by atoms with Crippen LogP contribution >= 0.6 is 11.5 Å². The predicted octanol–water partition coefficient (Wildman–Crippen LogP) is 2.11. The lowest BCUT2D eigenvalue weighted by atomic mass is 10.1. The molecule has 1 aromatic rings. The van der Waals surface area contributed by atoms with Crippen molar-refractivity contribution in [2.75, 3.05) is 18.4 Å². The summed E-state index contributed by atoms with van der Waals surface area (Å²) in [6.45, 7) is 1.85. The highest BCUT2D eigenvalue weighted by Crippen LogP contribution is 2.27. The summed E-state index contributed by atoms with van der Waals surface area (Å²) < 4.78 is 29.7. The molecule has 0 aliphatic carbocycles. The van der Waals surface area contributed by atoms with Gasteiger partial charge in [0.25, 0.3) is 5.92 Å². The molecule has 1 aromatic heterocycles. The first-order valence-corrected chi connectivity index (χ1v) is 5.98. The third kappa shape index (κ3) is 3.09. The number of likely N-dealkylation sites (tertiary alicyclic amines) is 1. The summed E-state index contributed by atoms with van der Waals surface area (Å²) in [7, 11) is 0. The van der Waals surface area contributed by atoms with E-state index in [1.54, 1.807) is 6.92 Å². The maximum atomic E-state index is 12.9. The molecule has 2 amide bonds. The van der Waals surface area contributed by atoms with Crippen molar-refractivity contribution in [1.29, 1.82) is 0 Å². The van der Waals surface area contributed by atoms with Gasteiger partial charge in [-0.3, -0.25) is 5.32 Å². The van der Waals surface area contributed by atoms with Gasteiger partial charge in [0.15, 0.2) is 0 Å². The topological polar surface area (TPSA) is 58.1 Å². The maximum absolute atomic E-state index is 12.9. The molecule has 0 bridgehead atoms. The summed E-state index contributed by atoms with van der Waals surface area (Å²) in [5.41, 5.74) is 0. The van der Waals surface area contributed by atoms with Crippen LogP contribution in [-0.2, 0) is 0 Å². The van der Waals surface area contributed by atoms with E-state index in [9.17, 15) is 13.6 Å². The second kappa shape index (κ2) is 4.52. The first kappa shape index (κ1) is 12.2. The van der Waals surface area contributed by atoms with Crippen LogP contribution in [0.25, 0.3) is 0 Å². The molecule has 17 heavy (non-hydrogen) atoms. The number of carbonyl (C=O) groups excluding carboxylic acids is 1. The second-order valence-electron chi connectivity index (χ2n) is 3.92. The summed E-state index contributed by atoms with van der Waals surface area (Å²) in [6, 6.07) is -0.392. The van der Waals surface area contributed by atoms with Gasteiger partial charge in [-0.15, -0.1) is 0 Å². The summed E-state index contributed by atoms with van der Waals surface area (Å²) in [5.74, 6) is -2.06. The van der Waals surface area contributed by atoms with Crippen LogP contribution in [-0.4, -0.2) is 39.3 Å². The van der Waals surface area contributed by atoms with E-state index in [2.05, 4.69) is 14.7 Å². The number of halogens is 2. The number of anilines is 1. The highest BCUT2D eigenvalue weighted by atomic mass is 32.1. The molecule has 1 N–H and O–H groups in total. The zero-order valence-electron chi connectivity index (χ0n) is 9.24. The smallest absolute Gasteiger partial charge is 0.323 e. The van der Waals surface area contributed by atoms with Crippen LogP contribution in [0.5, 0.6) is 0 Å². The minimum atomic E-state index is -2.64. The third-order valence-electron chi connectivity index (χ3n) is 2.52. The lowest BCUT2D eigenvalue weighted by Gasteiger charge is -2.31. The SMILES string of the molecule is Cc1nsc(NC(=O)N2CCC(F)(F)CC2)n1. The molecule has 1 fully saturated rings. The van der Waals surface area contributed by atoms with Crippen LogP contribution in [0.15, 0.2) is 0 Å². The normalized spacial score (nSPS) is 19.1. The van der Waals surface area contributed by atoms with Gasteiger partial charge in [0.05, 0.1) is 0 Å². The molecule has 0 atom stereocenters. The van der Waals surface area contributed by atoms with Crippen LogP contribution in [0.4, 0.5) is 18.7 Å². The largest absolute Gasteiger partial charge is 0.324 e. The highest BCUT2D eigenvalue weighted by molar-refractivity contribution is 7.09. The van der Waals surface area contributed by atoms with Gasteiger partial charge >= 0.3 is 6.03 Å². The zero-order chi connectivity index (χ0) is 12.5. The molecule has 5 nitrogen and oxygen atoms in total. The Morgan fingerprint density at radius 3 is 2.65 bits per heavy atom. The van der Waals surface area contributed by atoms with Crippen molar-refractivity contribution in [2.24, 2.45) is 0 Å². The van der Waals surface area contributed by atoms with Gasteiger partial charge in [0.1, 0.15) is 5.82 Å². The number of piperidine rings is 1. The quantitative estimate of drug-likeness (QED) is 0.843. The Morgan fingerprint density at radius 2 is 2.12 bits per heavy atom. The Bertz CT molecular complexity index is 413. The minimum Gasteiger partial charge on any atom is -0.324 e. The molecule has 0 saturated carbocycles. The Morgan fingerprint density at radius 1 is 1.47 bits per heavy atom. The number of aryl methyl sites for hydroxylation is 1. The van der Waals surface area contributed by atoms with E-state index in [1.807, 2.05) is 0 Å². The standard InChI is InChI=1S/C9H12F2N4OS/c1-6-12-7(17-14-6)13-8(16)15-4-2-9(10,11)3-5-15/h2-5H2,1H3,(H,12,13,14,16). The first-order valence-electron chi connectivity index (χ1n) is 5.20. The molecular formula is C9H12F2N4OS. The average molecular weight is 262 g/mol. The van der Waals surface area contributed by atoms with Crippen molar-refractivity contribution in [3.05, 3.63) is 5.82 Å². The number of urea groups is 1. The number of hydrogen-bond donors (Lipinski definition) is 1. The van der Waals surface area contributed by atoms with Gasteiger partial charge in [-0.25, -0.2) is 18.6 Å². The van der Waals surface area contributed by atoms with Crippen LogP contribution in [0.2, 0.25) is 0 Å². The predicted molar refractivity (Wildman–Crippen MR) is 59.4 cm³/mol. The molecule has 1 saturated heterocycles. The van der Waals surface area contributed by atoms with Gasteiger partial charge in [-0.2, -0.15) is 4.37 Å². The van der Waals surface area contributed by atoms with E-state index < -0.39 is 12.0 Å². The number of carbonyl (C=O) groups is 1. The van der Waals surface area contributed by atoms with Crippen molar-refractivity contribution in [1.82, 2.24) is 14.3 Å². The lowest BCUT2D eigenvalue weighted by Crippen LogP contribution is -2.44. The molecule has 2 rings (SSSR count). The molecule has 94 valence electrons. The minimum absolute atomic E-state index is 0.0661. The molecule has 1 aliphatic heterocycles. The lowest BCUT2D eigenvalue weighted by molar-refractivity contribution is -0.0461. The van der Waals surface area contributed by atoms with Gasteiger partial charge in [0, 0.05) is 37.5 Å². The fraction of sp³-hybridized carbons (Fsp3) is 0.667. The van der Waals surface area contributed by atoms with Crippen molar-refractivity contribution in [3.8, 4) is 0 Å². The van der Waals surface area contributed by atoms with E-state index in [0.29, 0.717) is 11.0 Å². The number of nitrogens with zero attached hydrogens (tertiary/aromatic N) is 3. The summed E-state index contributed by atoms with van der Waals surface area (Å²) in [5, 5.41) is 2.94. The van der Waals surface area contributed by atoms with Crippen molar-refractivity contribution >= 4 is 22.7 Å². The van der Waals surface area contributed by atoms with Gasteiger partial charge in [-0.05, 0) is 6.92 Å². The van der Waals surface area contributed by atoms with E-state index in [-0.39, 0.29) is 25.9 Å². The fourth-order valence-corrected chi connectivity index (χ4v) is 2.12. The Kier molecular flexibility index (Phi) is 3.23. The molecule has 2 heterocycles. The number of aromatic nitrogens is 2. The fourth-order valence-electron chi connectivity index (χ4n) is 1.56. The number of alkyl halides is 2. The molecule has 8 heteroatoms. The molecular weight excluding hydrogens is 250 g/mol. The van der Waals surface area contributed by atoms with Crippen LogP contribution < -0.4 is 5.32 Å². The van der Waals surface area contributed by atoms with E-state index >= 15 is 0 Å². The van der Waals surface area contributed by atoms with Crippen LogP contribution in [0, 0.1) is 6.92 Å². The van der Waals surface area contributed by atoms with Crippen LogP contribution in [0.3, 0.4) is 0 Å². The molecule has 0 unspecified atom stereocenters. The molecule has 0 radical (unpaired) electrons. The van der Waals surface area contributed by atoms with Gasteiger partial charge in [0.2, 0.25) is 5.13 Å². The summed E-state index contributed by atoms with van der Waals surface area (Å²) >= 11 is 1.07. The first-order chi connectivity index (χ1) is 7.96. The average Bonchev–Trinajstić information content (AvgIpc) is 2.63. The third-order valence-corrected chi connectivity index (χ3v) is 3.25. The monoisotopic (exact) mass is 262 g/mol. The molecule has 0 spiro atoms. The van der Waals surface area contributed by atoms with E-state index in [1.165, 1.54) is 4.90 Å². The van der Waals surface area contributed by atoms with Crippen molar-refractivity contribution in [3.63, 3.8) is 0 Å². The highest BCUT2D eigenvalue weighted by Gasteiger charge is 2.35. The number of rotatable bonds is 1. The maximum Gasteiger partial charge on any atom is 0.323 e. The van der Waals surface area contributed by atoms with Crippen molar-refractivity contribution < 1.29 is 13.6 Å². The number of amides is 2. The zero-order valence-corrected chi connectivity index (χ0v) is 10.1. The summed E-state index contributed by atoms with van der Waals surface area (Å²) in [4.78, 5) is 17.0. The molecule has 1 aliphatic rings. The van der Waals surface area contributed by atoms with Gasteiger partial charge < -0.3 is 4.90 Å². The van der Waals surface area contributed by atoms with E-state index in [0.717, 1.165) is 11.5 Å². The van der Waals surface area contributed by atoms with E-state index in [4.69, 9.17) is 0 Å².